The molecular weight excluding hydrogens is 452 g/mol. The Bertz CT molecular complexity index is 1180. The first kappa shape index (κ1) is 25.7. The number of aryl methyl sites for hydroxylation is 1. The van der Waals surface area contributed by atoms with Gasteiger partial charge >= 0.3 is 0 Å². The van der Waals surface area contributed by atoms with E-state index in [4.69, 9.17) is 0 Å². The van der Waals surface area contributed by atoms with E-state index in [2.05, 4.69) is 109 Å². The number of nitrogens with one attached hydrogen (secondary N) is 1. The van der Waals surface area contributed by atoms with Crippen LogP contribution in [0, 0.1) is 6.92 Å². The van der Waals surface area contributed by atoms with Crippen molar-refractivity contribution in [1.82, 2.24) is 10.4 Å². The Morgan fingerprint density at radius 1 is 1.03 bits per heavy atom. The van der Waals surface area contributed by atoms with Gasteiger partial charge in [0.2, 0.25) is 0 Å². The Hall–Kier alpha value is -2.95. The number of nitrogens with zero attached hydrogens (tertiary/aromatic N) is 1. The fraction of sp³-hybridized carbons (Fsp3) is 0.200. The monoisotopic (exact) mass is 486 g/mol. The van der Waals surface area contributed by atoms with Crippen molar-refractivity contribution in [3.8, 4) is 0 Å². The molecule has 1 aromatic heterocycles. The number of hydrazine groups is 1. The van der Waals surface area contributed by atoms with Crippen LogP contribution in [0.5, 0.6) is 0 Å². The largest absolute Gasteiger partial charge is 0.297 e. The van der Waals surface area contributed by atoms with Crippen LogP contribution in [0.4, 0.5) is 0 Å². The molecule has 0 amide bonds. The van der Waals surface area contributed by atoms with E-state index in [1.165, 1.54) is 37.8 Å². The number of rotatable bonds is 7. The Kier molecular flexibility index (Phi) is 9.03. The first-order valence-corrected chi connectivity index (χ1v) is 13.4. The molecule has 1 unspecified atom stereocenters. The number of allylic oxidation sites excluding steroid dienone is 4. The van der Waals surface area contributed by atoms with Gasteiger partial charge in [-0.15, -0.1) is 0 Å². The van der Waals surface area contributed by atoms with E-state index in [1.807, 2.05) is 26.8 Å². The van der Waals surface area contributed by atoms with Crippen molar-refractivity contribution in [2.75, 3.05) is 0 Å². The summed E-state index contributed by atoms with van der Waals surface area (Å²) in [6.45, 7) is 18.6. The lowest BCUT2D eigenvalue weighted by Crippen LogP contribution is -2.34. The number of thiophene rings is 1. The van der Waals surface area contributed by atoms with Crippen LogP contribution in [0.1, 0.15) is 56.0 Å². The van der Waals surface area contributed by atoms with Crippen molar-refractivity contribution in [2.45, 2.75) is 45.6 Å². The Labute approximate surface area is 213 Å². The van der Waals surface area contributed by atoms with Crippen molar-refractivity contribution in [2.24, 2.45) is 0 Å². The fourth-order valence-electron chi connectivity index (χ4n) is 3.96. The van der Waals surface area contributed by atoms with E-state index < -0.39 is 0 Å². The molecule has 176 valence electrons. The Balaban J connectivity index is 0.00000158. The summed E-state index contributed by atoms with van der Waals surface area (Å²) in [5.41, 5.74) is 11.8. The normalized spacial score (nSPS) is 14.4. The number of thioether (sulfide) groups is 1. The minimum absolute atomic E-state index is 0.0554. The molecule has 1 N–H and O–H groups in total. The predicted octanol–water partition coefficient (Wildman–Crippen LogP) is 9.12. The molecule has 34 heavy (non-hydrogen) atoms. The maximum atomic E-state index is 4.33. The van der Waals surface area contributed by atoms with Crippen LogP contribution in [-0.2, 0) is 0 Å². The number of hydrogen-bond acceptors (Lipinski definition) is 4. The topological polar surface area (TPSA) is 15.3 Å². The van der Waals surface area contributed by atoms with Crippen LogP contribution in [0.25, 0.3) is 5.57 Å². The van der Waals surface area contributed by atoms with Gasteiger partial charge in [-0.25, -0.2) is 0 Å². The number of hydrogen-bond donors (Lipinski definition) is 1. The molecule has 0 bridgehead atoms. The van der Waals surface area contributed by atoms with Crippen LogP contribution in [0.15, 0.2) is 112 Å². The summed E-state index contributed by atoms with van der Waals surface area (Å²) >= 11 is 3.50. The quantitative estimate of drug-likeness (QED) is 0.335. The lowest BCUT2D eigenvalue weighted by atomic mass is 9.97. The highest BCUT2D eigenvalue weighted by Crippen LogP contribution is 2.43. The third-order valence-electron chi connectivity index (χ3n) is 5.73. The summed E-state index contributed by atoms with van der Waals surface area (Å²) in [7, 11) is 0. The van der Waals surface area contributed by atoms with E-state index in [0.717, 1.165) is 11.3 Å². The van der Waals surface area contributed by atoms with Crippen molar-refractivity contribution in [1.29, 1.82) is 0 Å². The molecule has 0 spiro atoms. The molecule has 4 heteroatoms. The van der Waals surface area contributed by atoms with Gasteiger partial charge in [0.25, 0.3) is 0 Å². The van der Waals surface area contributed by atoms with Crippen LogP contribution in [0.2, 0.25) is 0 Å². The van der Waals surface area contributed by atoms with Gasteiger partial charge in [-0.1, -0.05) is 93.4 Å². The molecule has 1 aliphatic heterocycles. The SMILES string of the molecule is C=C/C(=C\C)c1ccc(C(c2ccsc2)N2NC(=C)C(Sc3ccccc3C)=C2C)cc1.CC. The molecule has 2 heterocycles. The van der Waals surface area contributed by atoms with Gasteiger partial charge in [0.15, 0.2) is 0 Å². The highest BCUT2D eigenvalue weighted by atomic mass is 32.2. The summed E-state index contributed by atoms with van der Waals surface area (Å²) in [4.78, 5) is 2.44. The molecule has 2 nitrogen and oxygen atoms in total. The van der Waals surface area contributed by atoms with Crippen molar-refractivity contribution in [3.63, 3.8) is 0 Å². The highest BCUT2D eigenvalue weighted by molar-refractivity contribution is 8.03. The van der Waals surface area contributed by atoms with E-state index in [1.54, 1.807) is 23.1 Å². The summed E-state index contributed by atoms with van der Waals surface area (Å²) < 4.78 is 0. The smallest absolute Gasteiger partial charge is 0.101 e. The molecule has 0 radical (unpaired) electrons. The second kappa shape index (κ2) is 12.0. The van der Waals surface area contributed by atoms with Crippen LogP contribution in [0.3, 0.4) is 0 Å². The maximum Gasteiger partial charge on any atom is 0.101 e. The molecule has 3 aromatic rings. The molecule has 4 rings (SSSR count). The van der Waals surface area contributed by atoms with E-state index >= 15 is 0 Å². The molecule has 0 saturated heterocycles. The zero-order chi connectivity index (χ0) is 24.7. The van der Waals surface area contributed by atoms with Gasteiger partial charge < -0.3 is 0 Å². The summed E-state index contributed by atoms with van der Waals surface area (Å²) in [5.74, 6) is 0. The third kappa shape index (κ3) is 5.40. The van der Waals surface area contributed by atoms with Crippen LogP contribution < -0.4 is 5.43 Å². The van der Waals surface area contributed by atoms with Crippen molar-refractivity contribution in [3.05, 3.63) is 129 Å². The summed E-state index contributed by atoms with van der Waals surface area (Å²) in [6, 6.07) is 19.5. The first-order chi connectivity index (χ1) is 16.5. The second-order valence-corrected chi connectivity index (χ2v) is 9.60. The predicted molar refractivity (Wildman–Crippen MR) is 152 cm³/mol. The van der Waals surface area contributed by atoms with Gasteiger partial charge in [0.05, 0.1) is 10.6 Å². The Morgan fingerprint density at radius 2 is 1.74 bits per heavy atom. The van der Waals surface area contributed by atoms with E-state index in [-0.39, 0.29) is 6.04 Å². The van der Waals surface area contributed by atoms with Crippen molar-refractivity contribution < 1.29 is 0 Å². The molecule has 0 saturated carbocycles. The fourth-order valence-corrected chi connectivity index (χ4v) is 5.65. The van der Waals surface area contributed by atoms with Crippen LogP contribution >= 0.6 is 23.1 Å². The standard InChI is InChI=1S/C28H28N2S2.C2H6/c1-6-22(7-2)23-12-14-24(15-13-23)27(25-16-17-31-18-25)30-21(5)28(20(4)29-30)32-26-11-9-8-10-19(26)3;1-2/h6-18,27,29H,1,4H2,2-3,5H3;1-2H3/b22-7+;. The number of benzene rings is 2. The lowest BCUT2D eigenvalue weighted by molar-refractivity contribution is 0.247. The average molecular weight is 487 g/mol. The summed E-state index contributed by atoms with van der Waals surface area (Å²) in [5, 5.41) is 6.62. The van der Waals surface area contributed by atoms with Crippen LogP contribution in [-0.4, -0.2) is 5.01 Å². The van der Waals surface area contributed by atoms with Crippen molar-refractivity contribution >= 4 is 28.7 Å². The summed E-state index contributed by atoms with van der Waals surface area (Å²) in [6.07, 6.45) is 3.99. The average Bonchev–Trinajstić information content (AvgIpc) is 3.48. The minimum Gasteiger partial charge on any atom is -0.297 e. The maximum absolute atomic E-state index is 4.33. The molecule has 2 aromatic carbocycles. The minimum atomic E-state index is 0.0554. The van der Waals surface area contributed by atoms with E-state index in [9.17, 15) is 0 Å². The second-order valence-electron chi connectivity index (χ2n) is 7.77. The van der Waals surface area contributed by atoms with Gasteiger partial charge in [-0.2, -0.15) is 11.3 Å². The van der Waals surface area contributed by atoms with Gasteiger partial charge in [0, 0.05) is 10.6 Å². The van der Waals surface area contributed by atoms with Gasteiger partial charge in [-0.05, 0) is 71.5 Å². The lowest BCUT2D eigenvalue weighted by Gasteiger charge is -2.31. The zero-order valence-electron chi connectivity index (χ0n) is 20.8. The van der Waals surface area contributed by atoms with Gasteiger partial charge in [0.1, 0.15) is 6.04 Å². The molecular formula is C30H34N2S2. The first-order valence-electron chi connectivity index (χ1n) is 11.6. The Morgan fingerprint density at radius 3 is 2.32 bits per heavy atom. The molecule has 1 atom stereocenters. The third-order valence-corrected chi connectivity index (χ3v) is 7.86. The zero-order valence-corrected chi connectivity index (χ0v) is 22.4. The highest BCUT2D eigenvalue weighted by Gasteiger charge is 2.31. The molecule has 0 fully saturated rings. The van der Waals surface area contributed by atoms with E-state index in [0.29, 0.717) is 0 Å². The van der Waals surface area contributed by atoms with Gasteiger partial charge in [-0.3, -0.25) is 10.4 Å². The molecule has 1 aliphatic rings. The molecule has 0 aliphatic carbocycles.